The third kappa shape index (κ3) is 2.67. The van der Waals surface area contributed by atoms with Crippen LogP contribution in [0.5, 0.6) is 5.75 Å². The van der Waals surface area contributed by atoms with Gasteiger partial charge in [-0.05, 0) is 30.5 Å². The number of methoxy groups -OCH3 is 1. The van der Waals surface area contributed by atoms with Crippen molar-refractivity contribution in [2.24, 2.45) is 5.73 Å². The molecule has 0 amide bonds. The van der Waals surface area contributed by atoms with Crippen LogP contribution < -0.4 is 10.5 Å². The number of halogens is 1. The fraction of sp³-hybridized carbons (Fsp3) is 0.400. The molecule has 0 spiro atoms. The third-order valence-corrected chi connectivity index (χ3v) is 3.34. The van der Waals surface area contributed by atoms with Crippen molar-refractivity contribution >= 4 is 0 Å². The van der Waals surface area contributed by atoms with E-state index in [1.54, 1.807) is 32.4 Å². The van der Waals surface area contributed by atoms with Crippen molar-refractivity contribution in [3.8, 4) is 5.75 Å². The molecular weight excluding hydrogens is 257 g/mol. The molecule has 20 heavy (non-hydrogen) atoms. The predicted molar refractivity (Wildman–Crippen MR) is 76.2 cm³/mol. The summed E-state index contributed by atoms with van der Waals surface area (Å²) in [6.07, 6.45) is 2.62. The minimum absolute atomic E-state index is 0.227. The largest absolute Gasteiger partial charge is 0.493 e. The molecule has 2 N–H and O–H groups in total. The molecule has 4 nitrogen and oxygen atoms in total. The van der Waals surface area contributed by atoms with Crippen molar-refractivity contribution < 1.29 is 9.13 Å². The molecule has 0 aliphatic heterocycles. The van der Waals surface area contributed by atoms with Crippen molar-refractivity contribution in [1.29, 1.82) is 0 Å². The minimum atomic E-state index is -0.390. The zero-order valence-corrected chi connectivity index (χ0v) is 12.1. The van der Waals surface area contributed by atoms with Crippen LogP contribution in [0.3, 0.4) is 0 Å². The van der Waals surface area contributed by atoms with Gasteiger partial charge in [-0.15, -0.1) is 0 Å². The van der Waals surface area contributed by atoms with Crippen LogP contribution in [-0.4, -0.2) is 16.9 Å². The van der Waals surface area contributed by atoms with Gasteiger partial charge in [0.1, 0.15) is 11.5 Å². The van der Waals surface area contributed by atoms with Gasteiger partial charge in [-0.3, -0.25) is 4.68 Å². The SMILES string of the molecule is CCCn1ncc(OC)c1C(N)c1ccc(F)c(C)c1. The fourth-order valence-electron chi connectivity index (χ4n) is 2.26. The molecule has 1 aromatic heterocycles. The summed E-state index contributed by atoms with van der Waals surface area (Å²) in [5.41, 5.74) is 8.57. The number of aryl methyl sites for hydroxylation is 2. The molecule has 1 unspecified atom stereocenters. The molecule has 108 valence electrons. The lowest BCUT2D eigenvalue weighted by atomic mass is 10.0. The molecule has 0 aliphatic rings. The Morgan fingerprint density at radius 3 is 2.80 bits per heavy atom. The quantitative estimate of drug-likeness (QED) is 0.914. The van der Waals surface area contributed by atoms with Gasteiger partial charge >= 0.3 is 0 Å². The summed E-state index contributed by atoms with van der Waals surface area (Å²) in [6.45, 7) is 4.57. The maximum atomic E-state index is 13.4. The van der Waals surface area contributed by atoms with Gasteiger partial charge in [-0.2, -0.15) is 5.10 Å². The molecule has 0 aliphatic carbocycles. The van der Waals surface area contributed by atoms with Gasteiger partial charge in [0.25, 0.3) is 0 Å². The first-order chi connectivity index (χ1) is 9.58. The molecule has 0 saturated carbocycles. The summed E-state index contributed by atoms with van der Waals surface area (Å²) in [4.78, 5) is 0. The van der Waals surface area contributed by atoms with E-state index in [4.69, 9.17) is 10.5 Å². The van der Waals surface area contributed by atoms with E-state index in [9.17, 15) is 4.39 Å². The van der Waals surface area contributed by atoms with Gasteiger partial charge in [-0.1, -0.05) is 19.1 Å². The van der Waals surface area contributed by atoms with Crippen LogP contribution in [0.25, 0.3) is 0 Å². The van der Waals surface area contributed by atoms with Crippen LogP contribution in [0, 0.1) is 12.7 Å². The van der Waals surface area contributed by atoms with Crippen LogP contribution in [0.2, 0.25) is 0 Å². The fourth-order valence-corrected chi connectivity index (χ4v) is 2.26. The van der Waals surface area contributed by atoms with Gasteiger partial charge in [-0.25, -0.2) is 4.39 Å². The lowest BCUT2D eigenvalue weighted by molar-refractivity contribution is 0.404. The summed E-state index contributed by atoms with van der Waals surface area (Å²) in [6, 6.07) is 4.52. The van der Waals surface area contributed by atoms with Crippen molar-refractivity contribution in [1.82, 2.24) is 9.78 Å². The Labute approximate surface area is 118 Å². The van der Waals surface area contributed by atoms with E-state index in [-0.39, 0.29) is 5.82 Å². The van der Waals surface area contributed by atoms with Gasteiger partial charge in [0.2, 0.25) is 0 Å². The maximum absolute atomic E-state index is 13.4. The molecule has 1 heterocycles. The molecular formula is C15H20FN3O. The van der Waals surface area contributed by atoms with Gasteiger partial charge in [0, 0.05) is 6.54 Å². The number of rotatable bonds is 5. The van der Waals surface area contributed by atoms with Crippen LogP contribution >= 0.6 is 0 Å². The molecule has 0 saturated heterocycles. The second-order valence-corrected chi connectivity index (χ2v) is 4.81. The average Bonchev–Trinajstić information content (AvgIpc) is 2.84. The van der Waals surface area contributed by atoms with Crippen LogP contribution in [-0.2, 0) is 6.54 Å². The van der Waals surface area contributed by atoms with E-state index in [0.717, 1.165) is 24.2 Å². The zero-order chi connectivity index (χ0) is 14.7. The van der Waals surface area contributed by atoms with Gasteiger partial charge in [0.05, 0.1) is 19.3 Å². The number of nitrogens with zero attached hydrogens (tertiary/aromatic N) is 2. The first-order valence-electron chi connectivity index (χ1n) is 6.69. The summed E-state index contributed by atoms with van der Waals surface area (Å²) >= 11 is 0. The highest BCUT2D eigenvalue weighted by Gasteiger charge is 2.20. The monoisotopic (exact) mass is 277 g/mol. The number of ether oxygens (including phenoxy) is 1. The lowest BCUT2D eigenvalue weighted by Crippen LogP contribution is -2.18. The first-order valence-corrected chi connectivity index (χ1v) is 6.69. The van der Waals surface area contributed by atoms with E-state index in [1.165, 1.54) is 6.07 Å². The average molecular weight is 277 g/mol. The van der Waals surface area contributed by atoms with Crippen molar-refractivity contribution in [3.63, 3.8) is 0 Å². The van der Waals surface area contributed by atoms with E-state index in [0.29, 0.717) is 11.3 Å². The third-order valence-electron chi connectivity index (χ3n) is 3.34. The number of hydrogen-bond acceptors (Lipinski definition) is 3. The molecule has 5 heteroatoms. The topological polar surface area (TPSA) is 53.1 Å². The van der Waals surface area contributed by atoms with E-state index in [1.807, 2.05) is 4.68 Å². The Bertz CT molecular complexity index is 595. The Hall–Kier alpha value is -1.88. The highest BCUT2D eigenvalue weighted by molar-refractivity contribution is 5.37. The van der Waals surface area contributed by atoms with Gasteiger partial charge < -0.3 is 10.5 Å². The Morgan fingerprint density at radius 2 is 2.20 bits per heavy atom. The van der Waals surface area contributed by atoms with Crippen LogP contribution in [0.15, 0.2) is 24.4 Å². The Balaban J connectivity index is 2.43. The highest BCUT2D eigenvalue weighted by Crippen LogP contribution is 2.29. The number of aromatic nitrogens is 2. The van der Waals surface area contributed by atoms with Crippen molar-refractivity contribution in [3.05, 3.63) is 47.0 Å². The van der Waals surface area contributed by atoms with E-state index in [2.05, 4.69) is 12.0 Å². The highest BCUT2D eigenvalue weighted by atomic mass is 19.1. The summed E-state index contributed by atoms with van der Waals surface area (Å²) in [5, 5.41) is 4.30. The summed E-state index contributed by atoms with van der Waals surface area (Å²) < 4.78 is 20.5. The number of nitrogens with two attached hydrogens (primary N) is 1. The van der Waals surface area contributed by atoms with Gasteiger partial charge in [0.15, 0.2) is 5.75 Å². The Kier molecular flexibility index (Phi) is 4.39. The van der Waals surface area contributed by atoms with Crippen LogP contribution in [0.1, 0.15) is 36.2 Å². The summed E-state index contributed by atoms with van der Waals surface area (Å²) in [7, 11) is 1.60. The molecule has 2 aromatic rings. The second kappa shape index (κ2) is 6.05. The minimum Gasteiger partial charge on any atom is -0.493 e. The Morgan fingerprint density at radius 1 is 1.45 bits per heavy atom. The number of benzene rings is 1. The smallest absolute Gasteiger partial charge is 0.161 e. The van der Waals surface area contributed by atoms with E-state index >= 15 is 0 Å². The number of hydrogen-bond donors (Lipinski definition) is 1. The molecule has 0 bridgehead atoms. The van der Waals surface area contributed by atoms with Crippen LogP contribution in [0.4, 0.5) is 4.39 Å². The molecule has 1 atom stereocenters. The standard InChI is InChI=1S/C15H20FN3O/c1-4-7-19-15(13(20-3)9-18-19)14(17)11-5-6-12(16)10(2)8-11/h5-6,8-9,14H,4,7,17H2,1-3H3. The zero-order valence-electron chi connectivity index (χ0n) is 12.1. The first kappa shape index (κ1) is 14.5. The summed E-state index contributed by atoms with van der Waals surface area (Å²) in [5.74, 6) is 0.433. The normalized spacial score (nSPS) is 12.4. The predicted octanol–water partition coefficient (Wildman–Crippen LogP) is 2.80. The van der Waals surface area contributed by atoms with Crippen molar-refractivity contribution in [2.75, 3.05) is 7.11 Å². The van der Waals surface area contributed by atoms with E-state index < -0.39 is 6.04 Å². The molecule has 0 radical (unpaired) electrons. The lowest BCUT2D eigenvalue weighted by Gasteiger charge is -2.16. The second-order valence-electron chi connectivity index (χ2n) is 4.81. The molecule has 2 rings (SSSR count). The van der Waals surface area contributed by atoms with Crippen molar-refractivity contribution in [2.45, 2.75) is 32.9 Å². The molecule has 1 aromatic carbocycles. The maximum Gasteiger partial charge on any atom is 0.161 e. The molecule has 0 fully saturated rings.